The number of carbonyl (C=O) groups excluding carboxylic acids is 1. The van der Waals surface area contributed by atoms with Crippen LogP contribution >= 0.6 is 0 Å². The summed E-state index contributed by atoms with van der Waals surface area (Å²) in [6.07, 6.45) is 1.65. The number of hydrogen-bond donors (Lipinski definition) is 2. The predicted molar refractivity (Wildman–Crippen MR) is 100 cm³/mol. The van der Waals surface area contributed by atoms with E-state index in [1.807, 2.05) is 55.5 Å². The number of anilines is 3. The average molecular weight is 333 g/mol. The number of nitrogens with zero attached hydrogens (tertiary/aromatic N) is 1. The number of carbonyl (C=O) groups is 1. The maximum atomic E-state index is 12.7. The summed E-state index contributed by atoms with van der Waals surface area (Å²) >= 11 is 0. The molecule has 5 nitrogen and oxygen atoms in total. The molecule has 3 rings (SSSR count). The Morgan fingerprint density at radius 2 is 1.64 bits per heavy atom. The summed E-state index contributed by atoms with van der Waals surface area (Å²) in [5, 5.41) is 6.10. The van der Waals surface area contributed by atoms with Gasteiger partial charge in [-0.2, -0.15) is 0 Å². The number of benzene rings is 2. The topological polar surface area (TPSA) is 63.1 Å². The second-order valence-electron chi connectivity index (χ2n) is 5.53. The quantitative estimate of drug-likeness (QED) is 0.745. The van der Waals surface area contributed by atoms with Gasteiger partial charge in [-0.05, 0) is 37.3 Å². The smallest absolute Gasteiger partial charge is 0.257 e. The van der Waals surface area contributed by atoms with E-state index in [0.717, 1.165) is 11.4 Å². The van der Waals surface area contributed by atoms with Gasteiger partial charge in [0.2, 0.25) is 0 Å². The summed E-state index contributed by atoms with van der Waals surface area (Å²) in [6.45, 7) is 2.43. The number of aromatic nitrogens is 1. The highest BCUT2D eigenvalue weighted by Gasteiger charge is 2.12. The minimum Gasteiger partial charge on any atom is -0.355 e. The van der Waals surface area contributed by atoms with E-state index in [0.29, 0.717) is 17.8 Å². The third-order valence-electron chi connectivity index (χ3n) is 3.81. The lowest BCUT2D eigenvalue weighted by Gasteiger charge is -2.13. The Morgan fingerprint density at radius 3 is 2.40 bits per heavy atom. The molecule has 0 saturated heterocycles. The monoisotopic (exact) mass is 333 g/mol. The summed E-state index contributed by atoms with van der Waals surface area (Å²) in [5.74, 6) is -0.236. The van der Waals surface area contributed by atoms with Crippen molar-refractivity contribution in [3.8, 4) is 0 Å². The highest BCUT2D eigenvalue weighted by molar-refractivity contribution is 6.08. The average Bonchev–Trinajstić information content (AvgIpc) is 2.64. The molecule has 0 aliphatic heterocycles. The normalized spacial score (nSPS) is 10.3. The fraction of sp³-hybridized carbons (Fsp3) is 0.100. The number of nitrogens with one attached hydrogen (secondary N) is 2. The molecule has 0 fully saturated rings. The van der Waals surface area contributed by atoms with E-state index < -0.39 is 0 Å². The maximum absolute atomic E-state index is 12.7. The second-order valence-corrected chi connectivity index (χ2v) is 5.53. The van der Waals surface area contributed by atoms with Crippen LogP contribution in [0.1, 0.15) is 17.3 Å². The molecular weight excluding hydrogens is 314 g/mol. The Morgan fingerprint density at radius 1 is 0.920 bits per heavy atom. The highest BCUT2D eigenvalue weighted by atomic mass is 16.1. The van der Waals surface area contributed by atoms with Gasteiger partial charge in [0.15, 0.2) is 0 Å². The van der Waals surface area contributed by atoms with Crippen LogP contribution in [0.3, 0.4) is 0 Å². The fourth-order valence-corrected chi connectivity index (χ4v) is 2.52. The largest absolute Gasteiger partial charge is 0.355 e. The number of amides is 1. The molecule has 0 atom stereocenters. The standard InChI is InChI=1S/C20H19N3O2/c1-2-23-14-16(12-13-19(23)24)22-20(25)17-10-6-7-11-18(17)21-15-8-4-3-5-9-15/h3-14,21H,2H2,1H3,(H,22,25). The van der Waals surface area contributed by atoms with Gasteiger partial charge in [0.1, 0.15) is 0 Å². The van der Waals surface area contributed by atoms with Gasteiger partial charge in [-0.1, -0.05) is 30.3 Å². The van der Waals surface area contributed by atoms with Gasteiger partial charge in [-0.3, -0.25) is 9.59 Å². The molecule has 0 aliphatic carbocycles. The molecule has 0 unspecified atom stereocenters. The summed E-state index contributed by atoms with van der Waals surface area (Å²) in [6, 6.07) is 20.0. The Hall–Kier alpha value is -3.34. The van der Waals surface area contributed by atoms with E-state index in [4.69, 9.17) is 0 Å². The summed E-state index contributed by atoms with van der Waals surface area (Å²) in [7, 11) is 0. The summed E-state index contributed by atoms with van der Waals surface area (Å²) in [4.78, 5) is 24.3. The second kappa shape index (κ2) is 7.49. The molecular formula is C20H19N3O2. The molecule has 1 amide bonds. The van der Waals surface area contributed by atoms with Crippen LogP contribution in [0.15, 0.2) is 77.7 Å². The van der Waals surface area contributed by atoms with Crippen molar-refractivity contribution in [3.63, 3.8) is 0 Å². The number of aryl methyl sites for hydroxylation is 1. The van der Waals surface area contributed by atoms with Crippen LogP contribution < -0.4 is 16.2 Å². The van der Waals surface area contributed by atoms with Crippen LogP contribution in [0.25, 0.3) is 0 Å². The first kappa shape index (κ1) is 16.5. The van der Waals surface area contributed by atoms with Crippen LogP contribution in [0.5, 0.6) is 0 Å². The highest BCUT2D eigenvalue weighted by Crippen LogP contribution is 2.21. The SMILES string of the molecule is CCn1cc(NC(=O)c2ccccc2Nc2ccccc2)ccc1=O. The number of para-hydroxylation sites is 2. The third kappa shape index (κ3) is 3.95. The molecule has 126 valence electrons. The minimum absolute atomic E-state index is 0.0911. The Labute approximate surface area is 145 Å². The predicted octanol–water partition coefficient (Wildman–Crippen LogP) is 3.86. The van der Waals surface area contributed by atoms with Gasteiger partial charge in [0.05, 0.1) is 16.9 Å². The molecule has 0 radical (unpaired) electrons. The van der Waals surface area contributed by atoms with E-state index in [1.54, 1.807) is 22.9 Å². The minimum atomic E-state index is -0.236. The van der Waals surface area contributed by atoms with Gasteiger partial charge in [0, 0.05) is 24.5 Å². The Balaban J connectivity index is 1.84. The Bertz CT molecular complexity index is 933. The van der Waals surface area contributed by atoms with Crippen molar-refractivity contribution in [2.24, 2.45) is 0 Å². The van der Waals surface area contributed by atoms with Gasteiger partial charge >= 0.3 is 0 Å². The maximum Gasteiger partial charge on any atom is 0.257 e. The lowest BCUT2D eigenvalue weighted by atomic mass is 10.1. The first-order valence-corrected chi connectivity index (χ1v) is 8.10. The molecule has 1 aromatic heterocycles. The number of hydrogen-bond acceptors (Lipinski definition) is 3. The summed E-state index contributed by atoms with van der Waals surface area (Å²) < 4.78 is 1.55. The molecule has 5 heteroatoms. The van der Waals surface area contributed by atoms with Crippen LogP contribution in [0, 0.1) is 0 Å². The zero-order valence-corrected chi connectivity index (χ0v) is 13.9. The van der Waals surface area contributed by atoms with Crippen LogP contribution in [-0.2, 0) is 6.54 Å². The van der Waals surface area contributed by atoms with Crippen molar-refractivity contribution < 1.29 is 4.79 Å². The molecule has 0 bridgehead atoms. The van der Waals surface area contributed by atoms with Crippen LogP contribution in [0.4, 0.5) is 17.1 Å². The molecule has 0 spiro atoms. The van der Waals surface area contributed by atoms with Gasteiger partial charge in [0.25, 0.3) is 11.5 Å². The lowest BCUT2D eigenvalue weighted by molar-refractivity contribution is 0.102. The molecule has 2 aromatic carbocycles. The van der Waals surface area contributed by atoms with Crippen molar-refractivity contribution in [2.45, 2.75) is 13.5 Å². The zero-order valence-electron chi connectivity index (χ0n) is 13.9. The van der Waals surface area contributed by atoms with Crippen molar-refractivity contribution in [1.82, 2.24) is 4.57 Å². The van der Waals surface area contributed by atoms with E-state index >= 15 is 0 Å². The van der Waals surface area contributed by atoms with E-state index in [9.17, 15) is 9.59 Å². The molecule has 3 aromatic rings. The van der Waals surface area contributed by atoms with E-state index in [1.165, 1.54) is 6.07 Å². The first-order valence-electron chi connectivity index (χ1n) is 8.10. The van der Waals surface area contributed by atoms with Crippen molar-refractivity contribution in [1.29, 1.82) is 0 Å². The van der Waals surface area contributed by atoms with Crippen molar-refractivity contribution in [3.05, 3.63) is 88.8 Å². The molecule has 25 heavy (non-hydrogen) atoms. The van der Waals surface area contributed by atoms with Crippen LogP contribution in [0.2, 0.25) is 0 Å². The van der Waals surface area contributed by atoms with Crippen LogP contribution in [-0.4, -0.2) is 10.5 Å². The Kier molecular flexibility index (Phi) is 4.95. The number of rotatable bonds is 5. The fourth-order valence-electron chi connectivity index (χ4n) is 2.52. The van der Waals surface area contributed by atoms with Crippen molar-refractivity contribution >= 4 is 23.0 Å². The van der Waals surface area contributed by atoms with E-state index in [2.05, 4.69) is 10.6 Å². The van der Waals surface area contributed by atoms with E-state index in [-0.39, 0.29) is 11.5 Å². The number of pyridine rings is 1. The third-order valence-corrected chi connectivity index (χ3v) is 3.81. The first-order chi connectivity index (χ1) is 12.2. The molecule has 0 aliphatic rings. The van der Waals surface area contributed by atoms with Gasteiger partial charge in [-0.15, -0.1) is 0 Å². The zero-order chi connectivity index (χ0) is 17.6. The summed E-state index contributed by atoms with van der Waals surface area (Å²) in [5.41, 5.74) is 2.64. The molecule has 1 heterocycles. The molecule has 0 saturated carbocycles. The lowest BCUT2D eigenvalue weighted by Crippen LogP contribution is -2.20. The van der Waals surface area contributed by atoms with Gasteiger partial charge < -0.3 is 15.2 Å². The van der Waals surface area contributed by atoms with Gasteiger partial charge in [-0.25, -0.2) is 0 Å². The van der Waals surface area contributed by atoms with Crippen molar-refractivity contribution in [2.75, 3.05) is 10.6 Å². The molecule has 2 N–H and O–H groups in total.